The molecular weight excluding hydrogens is 256 g/mol. The zero-order chi connectivity index (χ0) is 15.0. The number of amides is 2. The number of carbonyl (C=O) groups excluding carboxylic acids is 2. The van der Waals surface area contributed by atoms with Crippen LogP contribution in [0.3, 0.4) is 0 Å². The van der Waals surface area contributed by atoms with E-state index in [9.17, 15) is 9.59 Å². The van der Waals surface area contributed by atoms with Crippen molar-refractivity contribution in [2.45, 2.75) is 6.42 Å². The lowest BCUT2D eigenvalue weighted by Crippen LogP contribution is -2.31. The quantitative estimate of drug-likeness (QED) is 0.595. The maximum absolute atomic E-state index is 11.8. The Morgan fingerprint density at radius 3 is 2.45 bits per heavy atom. The smallest absolute Gasteiger partial charge is 0.248 e. The molecule has 1 aromatic rings. The fourth-order valence-corrected chi connectivity index (χ4v) is 1.77. The van der Waals surface area contributed by atoms with Crippen LogP contribution >= 0.6 is 0 Å². The molecule has 0 aliphatic carbocycles. The van der Waals surface area contributed by atoms with E-state index in [-0.39, 0.29) is 5.91 Å². The van der Waals surface area contributed by atoms with E-state index in [0.717, 1.165) is 19.5 Å². The molecule has 0 aliphatic heterocycles. The average Bonchev–Trinajstić information content (AvgIpc) is 2.39. The van der Waals surface area contributed by atoms with Crippen LogP contribution in [0.25, 0.3) is 0 Å². The van der Waals surface area contributed by atoms with Crippen molar-refractivity contribution < 1.29 is 9.59 Å². The molecule has 20 heavy (non-hydrogen) atoms. The predicted octanol–water partition coefficient (Wildman–Crippen LogP) is 0.265. The van der Waals surface area contributed by atoms with Crippen LogP contribution < -0.4 is 16.4 Å². The van der Waals surface area contributed by atoms with Crippen molar-refractivity contribution in [2.24, 2.45) is 5.73 Å². The molecule has 0 heterocycles. The number of primary amides is 1. The third-order valence-corrected chi connectivity index (χ3v) is 2.83. The van der Waals surface area contributed by atoms with Crippen LogP contribution in [0, 0.1) is 0 Å². The van der Waals surface area contributed by atoms with Crippen LogP contribution in [0.2, 0.25) is 0 Å². The third-order valence-electron chi connectivity index (χ3n) is 2.83. The van der Waals surface area contributed by atoms with Gasteiger partial charge in [-0.1, -0.05) is 0 Å². The Labute approximate surface area is 119 Å². The summed E-state index contributed by atoms with van der Waals surface area (Å²) in [5.41, 5.74) is 6.23. The van der Waals surface area contributed by atoms with E-state index >= 15 is 0 Å². The molecule has 0 aliphatic rings. The number of hydrogen-bond acceptors (Lipinski definition) is 4. The summed E-state index contributed by atoms with van der Waals surface area (Å²) in [5.74, 6) is -0.559. The lowest BCUT2D eigenvalue weighted by molar-refractivity contribution is -0.117. The van der Waals surface area contributed by atoms with Gasteiger partial charge in [0.2, 0.25) is 11.8 Å². The molecule has 110 valence electrons. The molecule has 0 radical (unpaired) electrons. The van der Waals surface area contributed by atoms with Gasteiger partial charge in [0.15, 0.2) is 0 Å². The normalized spacial score (nSPS) is 10.6. The second-order valence-electron chi connectivity index (χ2n) is 4.68. The van der Waals surface area contributed by atoms with Crippen molar-refractivity contribution in [2.75, 3.05) is 39.0 Å². The highest BCUT2D eigenvalue weighted by Gasteiger charge is 2.07. The maximum atomic E-state index is 11.8. The van der Waals surface area contributed by atoms with Gasteiger partial charge in [0.1, 0.15) is 0 Å². The molecule has 0 spiro atoms. The molecule has 0 saturated carbocycles. The van der Waals surface area contributed by atoms with Crippen LogP contribution in [-0.2, 0) is 4.79 Å². The lowest BCUT2D eigenvalue weighted by atomic mass is 10.2. The molecular formula is C14H22N4O2. The first-order chi connectivity index (χ1) is 9.52. The third kappa shape index (κ3) is 5.81. The molecule has 0 saturated heterocycles. The van der Waals surface area contributed by atoms with Crippen LogP contribution in [0.15, 0.2) is 24.3 Å². The summed E-state index contributed by atoms with van der Waals surface area (Å²) in [4.78, 5) is 24.7. The summed E-state index contributed by atoms with van der Waals surface area (Å²) >= 11 is 0. The van der Waals surface area contributed by atoms with Gasteiger partial charge >= 0.3 is 0 Å². The van der Waals surface area contributed by atoms with Gasteiger partial charge in [0.25, 0.3) is 0 Å². The van der Waals surface area contributed by atoms with E-state index in [1.54, 1.807) is 24.3 Å². The molecule has 0 unspecified atom stereocenters. The van der Waals surface area contributed by atoms with Gasteiger partial charge in [0, 0.05) is 11.3 Å². The fraction of sp³-hybridized carbons (Fsp3) is 0.429. The molecule has 1 aromatic carbocycles. The fourth-order valence-electron chi connectivity index (χ4n) is 1.77. The highest BCUT2D eigenvalue weighted by molar-refractivity contribution is 5.95. The van der Waals surface area contributed by atoms with Crippen LogP contribution in [0.1, 0.15) is 16.8 Å². The summed E-state index contributed by atoms with van der Waals surface area (Å²) in [6.07, 6.45) is 0.994. The Morgan fingerprint density at radius 1 is 1.25 bits per heavy atom. The van der Waals surface area contributed by atoms with E-state index in [2.05, 4.69) is 10.6 Å². The Hall–Kier alpha value is -1.92. The Bertz CT molecular complexity index is 445. The second kappa shape index (κ2) is 8.29. The van der Waals surface area contributed by atoms with Gasteiger partial charge in [-0.25, -0.2) is 0 Å². The minimum Gasteiger partial charge on any atom is -0.366 e. The molecule has 0 bridgehead atoms. The van der Waals surface area contributed by atoms with Crippen molar-refractivity contribution in [3.8, 4) is 0 Å². The zero-order valence-electron chi connectivity index (χ0n) is 12.0. The van der Waals surface area contributed by atoms with Crippen LogP contribution in [-0.4, -0.2) is 50.4 Å². The van der Waals surface area contributed by atoms with Gasteiger partial charge < -0.3 is 16.4 Å². The molecule has 6 nitrogen and oxygen atoms in total. The van der Waals surface area contributed by atoms with Gasteiger partial charge in [-0.2, -0.15) is 0 Å². The number of nitrogens with two attached hydrogens (primary N) is 1. The predicted molar refractivity (Wildman–Crippen MR) is 79.6 cm³/mol. The first kappa shape index (κ1) is 16.1. The number of anilines is 1. The van der Waals surface area contributed by atoms with Crippen molar-refractivity contribution in [1.82, 2.24) is 10.2 Å². The number of rotatable bonds is 8. The Kier molecular flexibility index (Phi) is 6.69. The van der Waals surface area contributed by atoms with Crippen molar-refractivity contribution in [3.63, 3.8) is 0 Å². The minimum absolute atomic E-state index is 0.0798. The summed E-state index contributed by atoms with van der Waals surface area (Å²) in [7, 11) is 3.81. The Morgan fingerprint density at radius 2 is 1.90 bits per heavy atom. The Balaban J connectivity index is 2.39. The van der Waals surface area contributed by atoms with Crippen molar-refractivity contribution in [3.05, 3.63) is 29.8 Å². The maximum Gasteiger partial charge on any atom is 0.248 e. The monoisotopic (exact) mass is 278 g/mol. The minimum atomic E-state index is -0.479. The number of likely N-dealkylation sites (N-methyl/N-ethyl adjacent to an activating group) is 1. The largest absolute Gasteiger partial charge is 0.366 e. The first-order valence-corrected chi connectivity index (χ1v) is 6.56. The molecule has 0 atom stereocenters. The highest BCUT2D eigenvalue weighted by atomic mass is 16.2. The van der Waals surface area contributed by atoms with Gasteiger partial charge in [-0.05, 0) is 57.9 Å². The standard InChI is InChI=1S/C14H22N4O2/c1-16-8-3-9-18(2)10-13(19)17-12-6-4-11(5-7-12)14(15)20/h4-7,16H,3,8-10H2,1-2H3,(H2,15,20)(H,17,19). The number of nitrogens with zero attached hydrogens (tertiary/aromatic N) is 1. The van der Waals surface area contributed by atoms with E-state index in [1.165, 1.54) is 0 Å². The van der Waals surface area contributed by atoms with E-state index in [4.69, 9.17) is 5.73 Å². The molecule has 0 fully saturated rings. The van der Waals surface area contributed by atoms with Gasteiger partial charge in [-0.15, -0.1) is 0 Å². The van der Waals surface area contributed by atoms with E-state index < -0.39 is 5.91 Å². The van der Waals surface area contributed by atoms with Gasteiger partial charge in [-0.3, -0.25) is 14.5 Å². The van der Waals surface area contributed by atoms with E-state index in [0.29, 0.717) is 17.8 Å². The van der Waals surface area contributed by atoms with Gasteiger partial charge in [0.05, 0.1) is 6.54 Å². The van der Waals surface area contributed by atoms with Crippen LogP contribution in [0.5, 0.6) is 0 Å². The van der Waals surface area contributed by atoms with E-state index in [1.807, 2.05) is 19.0 Å². The highest BCUT2D eigenvalue weighted by Crippen LogP contribution is 2.09. The number of benzene rings is 1. The number of nitrogens with one attached hydrogen (secondary N) is 2. The molecule has 1 rings (SSSR count). The van der Waals surface area contributed by atoms with Crippen molar-refractivity contribution >= 4 is 17.5 Å². The number of carbonyl (C=O) groups is 2. The summed E-state index contributed by atoms with van der Waals surface area (Å²) in [5, 5.41) is 5.85. The molecule has 0 aromatic heterocycles. The summed E-state index contributed by atoms with van der Waals surface area (Å²) < 4.78 is 0. The second-order valence-corrected chi connectivity index (χ2v) is 4.68. The van der Waals surface area contributed by atoms with Crippen molar-refractivity contribution in [1.29, 1.82) is 0 Å². The zero-order valence-corrected chi connectivity index (χ0v) is 12.0. The molecule has 2 amide bonds. The topological polar surface area (TPSA) is 87.5 Å². The SMILES string of the molecule is CNCCCN(C)CC(=O)Nc1ccc(C(N)=O)cc1. The average molecular weight is 278 g/mol. The first-order valence-electron chi connectivity index (χ1n) is 6.56. The lowest BCUT2D eigenvalue weighted by Gasteiger charge is -2.16. The summed E-state index contributed by atoms with van der Waals surface area (Å²) in [6.45, 7) is 2.12. The molecule has 4 N–H and O–H groups in total. The summed E-state index contributed by atoms with van der Waals surface area (Å²) in [6, 6.07) is 6.52. The molecule has 6 heteroatoms. The number of hydrogen-bond donors (Lipinski definition) is 3. The van der Waals surface area contributed by atoms with Crippen LogP contribution in [0.4, 0.5) is 5.69 Å².